The number of carbonyl (C=O) groups excluding carboxylic acids is 2. The molecule has 1 aromatic rings. The molecule has 1 saturated carbocycles. The van der Waals surface area contributed by atoms with Crippen molar-refractivity contribution in [3.63, 3.8) is 0 Å². The van der Waals surface area contributed by atoms with E-state index in [0.717, 1.165) is 29.4 Å². The number of carbonyl (C=O) groups is 2. The Labute approximate surface area is 114 Å². The van der Waals surface area contributed by atoms with Crippen molar-refractivity contribution >= 4 is 33.3 Å². The molecule has 1 aliphatic heterocycles. The minimum Gasteiger partial charge on any atom is -0.304 e. The van der Waals surface area contributed by atoms with E-state index >= 15 is 0 Å². The summed E-state index contributed by atoms with van der Waals surface area (Å²) in [5.41, 5.74) is 2.54. The third-order valence-corrected chi connectivity index (χ3v) is 5.05. The summed E-state index contributed by atoms with van der Waals surface area (Å²) in [6, 6.07) is 5.65. The van der Waals surface area contributed by atoms with Gasteiger partial charge in [-0.25, -0.2) is 0 Å². The van der Waals surface area contributed by atoms with Crippen molar-refractivity contribution in [3.05, 3.63) is 29.3 Å². The van der Waals surface area contributed by atoms with Crippen LogP contribution in [-0.4, -0.2) is 23.6 Å². The summed E-state index contributed by atoms with van der Waals surface area (Å²) in [5.74, 6) is -0.734. The Morgan fingerprint density at radius 2 is 2.06 bits per heavy atom. The van der Waals surface area contributed by atoms with E-state index in [9.17, 15) is 9.59 Å². The summed E-state index contributed by atoms with van der Waals surface area (Å²) in [5, 5.41) is 0.888. The number of hydrogen-bond acceptors (Lipinski definition) is 2. The highest BCUT2D eigenvalue weighted by Gasteiger charge is 2.47. The molecule has 0 N–H and O–H groups in total. The SMILES string of the molecule is Cc1ccc2c(c1)C(=O)C(=O)N2CC1(CBr)CC1. The Hall–Kier alpha value is -1.16. The van der Waals surface area contributed by atoms with Crippen molar-refractivity contribution in [1.29, 1.82) is 0 Å². The Morgan fingerprint density at radius 1 is 1.33 bits per heavy atom. The molecule has 18 heavy (non-hydrogen) atoms. The molecule has 0 radical (unpaired) electrons. The van der Waals surface area contributed by atoms with Gasteiger partial charge in [0.15, 0.2) is 0 Å². The maximum Gasteiger partial charge on any atom is 0.299 e. The first-order chi connectivity index (χ1) is 8.56. The number of ketones is 1. The van der Waals surface area contributed by atoms with Gasteiger partial charge in [0.2, 0.25) is 0 Å². The van der Waals surface area contributed by atoms with Gasteiger partial charge in [0.1, 0.15) is 0 Å². The summed E-state index contributed by atoms with van der Waals surface area (Å²) in [6.45, 7) is 2.58. The van der Waals surface area contributed by atoms with Crippen molar-refractivity contribution in [1.82, 2.24) is 0 Å². The van der Waals surface area contributed by atoms with Gasteiger partial charge < -0.3 is 4.90 Å². The van der Waals surface area contributed by atoms with Crippen molar-refractivity contribution in [3.8, 4) is 0 Å². The second kappa shape index (κ2) is 3.92. The maximum absolute atomic E-state index is 12.1. The van der Waals surface area contributed by atoms with Crippen LogP contribution in [0, 0.1) is 12.3 Å². The molecule has 0 unspecified atom stereocenters. The van der Waals surface area contributed by atoms with Gasteiger partial charge in [0.05, 0.1) is 11.3 Å². The second-order valence-electron chi connectivity index (χ2n) is 5.37. The summed E-state index contributed by atoms with van der Waals surface area (Å²) < 4.78 is 0. The zero-order valence-electron chi connectivity index (χ0n) is 10.2. The quantitative estimate of drug-likeness (QED) is 0.636. The summed E-state index contributed by atoms with van der Waals surface area (Å²) in [6.07, 6.45) is 2.24. The third kappa shape index (κ3) is 1.70. The zero-order chi connectivity index (χ0) is 12.9. The van der Waals surface area contributed by atoms with Crippen LogP contribution in [0.25, 0.3) is 0 Å². The van der Waals surface area contributed by atoms with Crippen LogP contribution in [-0.2, 0) is 4.79 Å². The van der Waals surface area contributed by atoms with E-state index in [1.807, 2.05) is 25.1 Å². The van der Waals surface area contributed by atoms with Crippen LogP contribution in [0.4, 0.5) is 5.69 Å². The number of aryl methyl sites for hydroxylation is 1. The molecule has 0 bridgehead atoms. The fourth-order valence-corrected chi connectivity index (χ4v) is 3.16. The Balaban J connectivity index is 1.97. The van der Waals surface area contributed by atoms with Crippen molar-refractivity contribution in [2.75, 3.05) is 16.8 Å². The first kappa shape index (κ1) is 11.9. The molecule has 1 heterocycles. The first-order valence-electron chi connectivity index (χ1n) is 6.09. The maximum atomic E-state index is 12.1. The van der Waals surface area contributed by atoms with Crippen molar-refractivity contribution < 1.29 is 9.59 Å². The molecule has 1 amide bonds. The average Bonchev–Trinajstić information content (AvgIpc) is 3.11. The minimum atomic E-state index is -0.372. The van der Waals surface area contributed by atoms with Gasteiger partial charge in [0, 0.05) is 11.9 Å². The van der Waals surface area contributed by atoms with Crippen molar-refractivity contribution in [2.45, 2.75) is 19.8 Å². The smallest absolute Gasteiger partial charge is 0.299 e. The predicted octanol–water partition coefficient (Wildman–Crippen LogP) is 2.70. The Bertz CT molecular complexity index is 549. The molecular formula is C14H14BrNO2. The highest BCUT2D eigenvalue weighted by molar-refractivity contribution is 9.09. The lowest BCUT2D eigenvalue weighted by Crippen LogP contribution is -2.35. The van der Waals surface area contributed by atoms with E-state index in [0.29, 0.717) is 12.1 Å². The highest BCUT2D eigenvalue weighted by atomic mass is 79.9. The normalized spacial score (nSPS) is 20.2. The molecular weight excluding hydrogens is 294 g/mol. The lowest BCUT2D eigenvalue weighted by molar-refractivity contribution is -0.114. The van der Waals surface area contributed by atoms with Crippen LogP contribution < -0.4 is 4.90 Å². The number of halogens is 1. The van der Waals surface area contributed by atoms with Crippen LogP contribution in [0.2, 0.25) is 0 Å². The number of Topliss-reactive ketones (excluding diaryl/α,β-unsaturated/α-hetero) is 1. The van der Waals surface area contributed by atoms with E-state index in [2.05, 4.69) is 15.9 Å². The fourth-order valence-electron chi connectivity index (χ4n) is 2.42. The van der Waals surface area contributed by atoms with E-state index in [1.165, 1.54) is 0 Å². The highest BCUT2D eigenvalue weighted by Crippen LogP contribution is 2.49. The molecule has 1 aliphatic carbocycles. The number of benzene rings is 1. The topological polar surface area (TPSA) is 37.4 Å². The minimum absolute atomic E-state index is 0.183. The van der Waals surface area contributed by atoms with Gasteiger partial charge in [-0.3, -0.25) is 9.59 Å². The Morgan fingerprint density at radius 3 is 2.67 bits per heavy atom. The number of fused-ring (bicyclic) bond motifs is 1. The molecule has 0 atom stereocenters. The molecule has 0 aromatic heterocycles. The molecule has 94 valence electrons. The van der Waals surface area contributed by atoms with Gasteiger partial charge >= 0.3 is 0 Å². The summed E-state index contributed by atoms with van der Waals surface area (Å²) >= 11 is 3.50. The number of nitrogens with zero attached hydrogens (tertiary/aromatic N) is 1. The van der Waals surface area contributed by atoms with Gasteiger partial charge in [0.25, 0.3) is 11.7 Å². The third-order valence-electron chi connectivity index (χ3n) is 3.86. The lowest BCUT2D eigenvalue weighted by Gasteiger charge is -2.22. The predicted molar refractivity (Wildman–Crippen MR) is 73.3 cm³/mol. The number of hydrogen-bond donors (Lipinski definition) is 0. The van der Waals surface area contributed by atoms with E-state index in [4.69, 9.17) is 0 Å². The van der Waals surface area contributed by atoms with Gasteiger partial charge in [-0.2, -0.15) is 0 Å². The van der Waals surface area contributed by atoms with Crippen LogP contribution >= 0.6 is 15.9 Å². The van der Waals surface area contributed by atoms with E-state index in [-0.39, 0.29) is 17.1 Å². The van der Waals surface area contributed by atoms with Crippen LogP contribution in [0.5, 0.6) is 0 Å². The summed E-state index contributed by atoms with van der Waals surface area (Å²) in [4.78, 5) is 25.7. The van der Waals surface area contributed by atoms with E-state index in [1.54, 1.807) is 4.90 Å². The molecule has 1 fully saturated rings. The van der Waals surface area contributed by atoms with Gasteiger partial charge in [-0.05, 0) is 37.3 Å². The zero-order valence-corrected chi connectivity index (χ0v) is 11.8. The largest absolute Gasteiger partial charge is 0.304 e. The van der Waals surface area contributed by atoms with Crippen LogP contribution in [0.1, 0.15) is 28.8 Å². The van der Waals surface area contributed by atoms with Gasteiger partial charge in [-0.1, -0.05) is 27.6 Å². The second-order valence-corrected chi connectivity index (χ2v) is 5.94. The van der Waals surface area contributed by atoms with Gasteiger partial charge in [-0.15, -0.1) is 0 Å². The molecule has 2 aliphatic rings. The number of alkyl halides is 1. The first-order valence-corrected chi connectivity index (χ1v) is 7.21. The number of anilines is 1. The number of amides is 1. The number of rotatable bonds is 3. The molecule has 4 heteroatoms. The molecule has 3 nitrogen and oxygen atoms in total. The van der Waals surface area contributed by atoms with Crippen LogP contribution in [0.3, 0.4) is 0 Å². The average molecular weight is 308 g/mol. The lowest BCUT2D eigenvalue weighted by atomic mass is 10.1. The standard InChI is InChI=1S/C14H14BrNO2/c1-9-2-3-11-10(6-9)12(17)13(18)16(11)8-14(7-15)4-5-14/h2-3,6H,4-5,7-8H2,1H3. The molecule has 0 saturated heterocycles. The summed E-state index contributed by atoms with van der Waals surface area (Å²) in [7, 11) is 0. The van der Waals surface area contributed by atoms with E-state index < -0.39 is 0 Å². The Kier molecular flexibility index (Phi) is 2.59. The monoisotopic (exact) mass is 307 g/mol. The van der Waals surface area contributed by atoms with Crippen molar-refractivity contribution in [2.24, 2.45) is 5.41 Å². The van der Waals surface area contributed by atoms with Crippen LogP contribution in [0.15, 0.2) is 18.2 Å². The molecule has 1 aromatic carbocycles. The fraction of sp³-hybridized carbons (Fsp3) is 0.429. The molecule has 0 spiro atoms. The molecule has 3 rings (SSSR count).